The first-order valence-electron chi connectivity index (χ1n) is 6.19. The molecule has 0 saturated carbocycles. The normalized spacial score (nSPS) is 25.4. The lowest BCUT2D eigenvalue weighted by atomic mass is 9.82. The standard InChI is InChI=1S/C13H22N2OS/c1-12(2,3)15-8-13(4-5-16-9-13)6-11-7-14-10-17-11/h7,10,15H,4-6,8-9H2,1-3H3. The maximum atomic E-state index is 5.62. The van der Waals surface area contributed by atoms with Crippen molar-refractivity contribution in [2.75, 3.05) is 19.8 Å². The van der Waals surface area contributed by atoms with Crippen molar-refractivity contribution in [1.82, 2.24) is 10.3 Å². The van der Waals surface area contributed by atoms with Crippen LogP contribution in [-0.4, -0.2) is 30.3 Å². The summed E-state index contributed by atoms with van der Waals surface area (Å²) in [5.41, 5.74) is 2.35. The van der Waals surface area contributed by atoms with E-state index in [9.17, 15) is 0 Å². The molecular formula is C13H22N2OS. The van der Waals surface area contributed by atoms with Gasteiger partial charge in [-0.25, -0.2) is 0 Å². The molecule has 1 N–H and O–H groups in total. The van der Waals surface area contributed by atoms with Crippen LogP contribution in [0.25, 0.3) is 0 Å². The summed E-state index contributed by atoms with van der Waals surface area (Å²) in [6.45, 7) is 9.42. The van der Waals surface area contributed by atoms with Crippen LogP contribution in [0.3, 0.4) is 0 Å². The first kappa shape index (κ1) is 13.0. The summed E-state index contributed by atoms with van der Waals surface area (Å²) >= 11 is 1.75. The minimum Gasteiger partial charge on any atom is -0.381 e. The number of rotatable bonds is 4. The van der Waals surface area contributed by atoms with Crippen molar-refractivity contribution in [1.29, 1.82) is 0 Å². The Morgan fingerprint density at radius 2 is 2.35 bits per heavy atom. The molecule has 3 nitrogen and oxygen atoms in total. The summed E-state index contributed by atoms with van der Waals surface area (Å²) in [5.74, 6) is 0. The lowest BCUT2D eigenvalue weighted by molar-refractivity contribution is 0.144. The monoisotopic (exact) mass is 254 g/mol. The summed E-state index contributed by atoms with van der Waals surface area (Å²) in [4.78, 5) is 5.53. The molecule has 0 aliphatic carbocycles. The predicted octanol–water partition coefficient (Wildman–Crippen LogP) is 2.48. The van der Waals surface area contributed by atoms with Crippen molar-refractivity contribution < 1.29 is 4.74 Å². The Balaban J connectivity index is 1.99. The summed E-state index contributed by atoms with van der Waals surface area (Å²) in [7, 11) is 0. The zero-order valence-electron chi connectivity index (χ0n) is 11.0. The smallest absolute Gasteiger partial charge is 0.0794 e. The minimum atomic E-state index is 0.170. The molecule has 0 spiro atoms. The van der Waals surface area contributed by atoms with E-state index in [0.29, 0.717) is 0 Å². The van der Waals surface area contributed by atoms with Gasteiger partial charge in [0.15, 0.2) is 0 Å². The summed E-state index contributed by atoms with van der Waals surface area (Å²) in [6.07, 6.45) is 4.22. The first-order chi connectivity index (χ1) is 7.99. The number of hydrogen-bond acceptors (Lipinski definition) is 4. The fourth-order valence-electron chi connectivity index (χ4n) is 2.14. The van der Waals surface area contributed by atoms with Crippen LogP contribution >= 0.6 is 11.3 Å². The third kappa shape index (κ3) is 3.76. The molecule has 96 valence electrons. The van der Waals surface area contributed by atoms with E-state index in [1.807, 2.05) is 11.7 Å². The van der Waals surface area contributed by atoms with E-state index in [1.54, 1.807) is 11.3 Å². The van der Waals surface area contributed by atoms with Crippen LogP contribution in [0.5, 0.6) is 0 Å². The number of thiazole rings is 1. The van der Waals surface area contributed by atoms with E-state index in [0.717, 1.165) is 32.6 Å². The van der Waals surface area contributed by atoms with Gasteiger partial charge >= 0.3 is 0 Å². The van der Waals surface area contributed by atoms with Crippen molar-refractivity contribution in [2.45, 2.75) is 39.2 Å². The van der Waals surface area contributed by atoms with Crippen molar-refractivity contribution in [2.24, 2.45) is 5.41 Å². The maximum Gasteiger partial charge on any atom is 0.0794 e. The highest BCUT2D eigenvalue weighted by Gasteiger charge is 2.36. The number of nitrogens with one attached hydrogen (secondary N) is 1. The van der Waals surface area contributed by atoms with Crippen molar-refractivity contribution >= 4 is 11.3 Å². The molecule has 1 aliphatic rings. The maximum absolute atomic E-state index is 5.62. The summed E-state index contributed by atoms with van der Waals surface area (Å²) < 4.78 is 5.62. The molecule has 1 atom stereocenters. The van der Waals surface area contributed by atoms with Gasteiger partial charge in [-0.3, -0.25) is 4.98 Å². The van der Waals surface area contributed by atoms with Gasteiger partial charge in [0.05, 0.1) is 12.1 Å². The molecule has 4 heteroatoms. The number of aromatic nitrogens is 1. The average Bonchev–Trinajstić information content (AvgIpc) is 2.87. The highest BCUT2D eigenvalue weighted by molar-refractivity contribution is 7.09. The van der Waals surface area contributed by atoms with E-state index >= 15 is 0 Å². The fourth-order valence-corrected chi connectivity index (χ4v) is 2.91. The molecule has 1 fully saturated rings. The number of hydrogen-bond donors (Lipinski definition) is 1. The van der Waals surface area contributed by atoms with E-state index in [2.05, 4.69) is 31.1 Å². The molecule has 2 heterocycles. The molecule has 1 aliphatic heterocycles. The van der Waals surface area contributed by atoms with Gasteiger partial charge < -0.3 is 10.1 Å². The Morgan fingerprint density at radius 3 is 2.88 bits per heavy atom. The third-order valence-electron chi connectivity index (χ3n) is 3.21. The fraction of sp³-hybridized carbons (Fsp3) is 0.769. The predicted molar refractivity (Wildman–Crippen MR) is 71.4 cm³/mol. The van der Waals surface area contributed by atoms with Gasteiger partial charge in [-0.2, -0.15) is 0 Å². The summed E-state index contributed by atoms with van der Waals surface area (Å²) in [5, 5.41) is 3.62. The molecule has 17 heavy (non-hydrogen) atoms. The molecule has 2 rings (SSSR count). The Hall–Kier alpha value is -0.450. The average molecular weight is 254 g/mol. The van der Waals surface area contributed by atoms with Gasteiger partial charge in [0.25, 0.3) is 0 Å². The topological polar surface area (TPSA) is 34.2 Å². The lowest BCUT2D eigenvalue weighted by Gasteiger charge is -2.31. The van der Waals surface area contributed by atoms with E-state index in [-0.39, 0.29) is 11.0 Å². The van der Waals surface area contributed by atoms with Crippen molar-refractivity contribution in [3.05, 3.63) is 16.6 Å². The Kier molecular flexibility index (Phi) is 3.85. The van der Waals surface area contributed by atoms with E-state index in [1.165, 1.54) is 4.88 Å². The SMILES string of the molecule is CC(C)(C)NCC1(Cc2cncs2)CCOC1. The van der Waals surface area contributed by atoms with Crippen molar-refractivity contribution in [3.8, 4) is 0 Å². The van der Waals surface area contributed by atoms with Crippen LogP contribution in [0.1, 0.15) is 32.1 Å². The molecule has 0 aromatic carbocycles. The van der Waals surface area contributed by atoms with Crippen LogP contribution < -0.4 is 5.32 Å². The van der Waals surface area contributed by atoms with Crippen LogP contribution in [0.4, 0.5) is 0 Å². The van der Waals surface area contributed by atoms with Crippen LogP contribution in [0.15, 0.2) is 11.7 Å². The van der Waals surface area contributed by atoms with Gasteiger partial charge in [-0.1, -0.05) is 0 Å². The van der Waals surface area contributed by atoms with Gasteiger partial charge in [0, 0.05) is 35.2 Å². The highest BCUT2D eigenvalue weighted by Crippen LogP contribution is 2.33. The molecule has 1 saturated heterocycles. The Labute approximate surface area is 108 Å². The number of ether oxygens (including phenoxy) is 1. The first-order valence-corrected chi connectivity index (χ1v) is 7.07. The van der Waals surface area contributed by atoms with Crippen LogP contribution in [0, 0.1) is 5.41 Å². The largest absolute Gasteiger partial charge is 0.381 e. The molecule has 0 radical (unpaired) electrons. The van der Waals surface area contributed by atoms with Crippen LogP contribution in [0.2, 0.25) is 0 Å². The van der Waals surface area contributed by atoms with E-state index < -0.39 is 0 Å². The van der Waals surface area contributed by atoms with Gasteiger partial charge in [-0.15, -0.1) is 11.3 Å². The molecule has 0 amide bonds. The number of nitrogens with zero attached hydrogens (tertiary/aromatic N) is 1. The third-order valence-corrected chi connectivity index (χ3v) is 3.99. The molecule has 1 aromatic rings. The van der Waals surface area contributed by atoms with E-state index in [4.69, 9.17) is 4.74 Å². The lowest BCUT2D eigenvalue weighted by Crippen LogP contribution is -2.45. The Bertz CT molecular complexity index is 337. The van der Waals surface area contributed by atoms with Gasteiger partial charge in [0.2, 0.25) is 0 Å². The van der Waals surface area contributed by atoms with Gasteiger partial charge in [0.1, 0.15) is 0 Å². The molecule has 1 aromatic heterocycles. The summed E-state index contributed by atoms with van der Waals surface area (Å²) in [6, 6.07) is 0. The highest BCUT2D eigenvalue weighted by atomic mass is 32.1. The molecule has 1 unspecified atom stereocenters. The van der Waals surface area contributed by atoms with Gasteiger partial charge in [-0.05, 0) is 33.6 Å². The second-order valence-corrected chi connectivity index (χ2v) is 7.02. The minimum absolute atomic E-state index is 0.170. The zero-order chi connectivity index (χ0) is 12.4. The second-order valence-electron chi connectivity index (χ2n) is 6.05. The zero-order valence-corrected chi connectivity index (χ0v) is 11.8. The van der Waals surface area contributed by atoms with Crippen LogP contribution in [-0.2, 0) is 11.2 Å². The second kappa shape index (κ2) is 5.04. The quantitative estimate of drug-likeness (QED) is 0.896. The molecular weight excluding hydrogens is 232 g/mol. The molecule has 0 bridgehead atoms. The van der Waals surface area contributed by atoms with Crippen molar-refractivity contribution in [3.63, 3.8) is 0 Å². The Morgan fingerprint density at radius 1 is 1.53 bits per heavy atom.